The van der Waals surface area contributed by atoms with Gasteiger partial charge in [-0.3, -0.25) is 9.59 Å². The van der Waals surface area contributed by atoms with Crippen LogP contribution in [0.3, 0.4) is 0 Å². The van der Waals surface area contributed by atoms with E-state index in [1.807, 2.05) is 61.1 Å². The number of amides is 4. The van der Waals surface area contributed by atoms with Gasteiger partial charge < -0.3 is 15.2 Å². The van der Waals surface area contributed by atoms with Crippen LogP contribution in [0.5, 0.6) is 0 Å². The summed E-state index contributed by atoms with van der Waals surface area (Å²) in [5.41, 5.74) is 3.66. The number of urea groups is 1. The second-order valence-electron chi connectivity index (χ2n) is 7.01. The molecule has 4 rings (SSSR count). The topological polar surface area (TPSA) is 83.4 Å². The number of nitrogens with zero attached hydrogens (tertiary/aromatic N) is 2. The molecular formula is C22H20N4O3. The van der Waals surface area contributed by atoms with Crippen molar-refractivity contribution in [3.63, 3.8) is 0 Å². The summed E-state index contributed by atoms with van der Waals surface area (Å²) in [7, 11) is 1.92. The van der Waals surface area contributed by atoms with Gasteiger partial charge in [0, 0.05) is 35.4 Å². The van der Waals surface area contributed by atoms with Crippen molar-refractivity contribution in [1.82, 2.24) is 14.8 Å². The molecule has 29 heavy (non-hydrogen) atoms. The molecule has 2 heterocycles. The van der Waals surface area contributed by atoms with Gasteiger partial charge in [0.15, 0.2) is 0 Å². The average molecular weight is 388 g/mol. The number of nitrogens with one attached hydrogen (secondary N) is 2. The zero-order chi connectivity index (χ0) is 20.5. The number of rotatable bonds is 4. The van der Waals surface area contributed by atoms with Crippen molar-refractivity contribution in [2.75, 3.05) is 11.9 Å². The molecule has 0 atom stereocenters. The summed E-state index contributed by atoms with van der Waals surface area (Å²) in [5.74, 6) is -0.967. The first-order valence-electron chi connectivity index (χ1n) is 9.17. The number of anilines is 1. The van der Waals surface area contributed by atoms with E-state index in [1.54, 1.807) is 18.2 Å². The van der Waals surface area contributed by atoms with Crippen LogP contribution in [0.2, 0.25) is 0 Å². The van der Waals surface area contributed by atoms with E-state index in [2.05, 4.69) is 10.6 Å². The summed E-state index contributed by atoms with van der Waals surface area (Å²) in [5, 5.41) is 6.23. The number of aryl methyl sites for hydroxylation is 2. The third-order valence-corrected chi connectivity index (χ3v) is 4.83. The highest BCUT2D eigenvalue weighted by Crippen LogP contribution is 2.23. The number of aromatic nitrogens is 1. The van der Waals surface area contributed by atoms with Crippen molar-refractivity contribution in [1.29, 1.82) is 0 Å². The average Bonchev–Trinajstić information content (AvgIpc) is 3.15. The van der Waals surface area contributed by atoms with Gasteiger partial charge in [-0.2, -0.15) is 0 Å². The van der Waals surface area contributed by atoms with Crippen LogP contribution in [0.1, 0.15) is 11.1 Å². The monoisotopic (exact) mass is 388 g/mol. The molecule has 1 aromatic heterocycles. The molecule has 0 spiro atoms. The van der Waals surface area contributed by atoms with E-state index in [4.69, 9.17) is 0 Å². The number of imide groups is 1. The van der Waals surface area contributed by atoms with Gasteiger partial charge in [-0.15, -0.1) is 0 Å². The molecule has 0 unspecified atom stereocenters. The molecule has 1 saturated heterocycles. The fraction of sp³-hybridized carbons (Fsp3) is 0.136. The van der Waals surface area contributed by atoms with E-state index >= 15 is 0 Å². The molecular weight excluding hydrogens is 368 g/mol. The Hall–Kier alpha value is -3.87. The van der Waals surface area contributed by atoms with Gasteiger partial charge in [0.25, 0.3) is 5.91 Å². The second-order valence-corrected chi connectivity index (χ2v) is 7.01. The highest BCUT2D eigenvalue weighted by molar-refractivity contribution is 6.16. The molecule has 7 nitrogen and oxygen atoms in total. The van der Waals surface area contributed by atoms with Gasteiger partial charge in [-0.1, -0.05) is 35.9 Å². The first kappa shape index (κ1) is 18.5. The molecule has 1 fully saturated rings. The quantitative estimate of drug-likeness (QED) is 0.532. The van der Waals surface area contributed by atoms with Gasteiger partial charge in [-0.25, -0.2) is 9.69 Å². The van der Waals surface area contributed by atoms with Gasteiger partial charge in [0.2, 0.25) is 5.91 Å². The Labute approximate surface area is 167 Å². The zero-order valence-corrected chi connectivity index (χ0v) is 16.1. The highest BCUT2D eigenvalue weighted by atomic mass is 16.2. The smallest absolute Gasteiger partial charge is 0.329 e. The van der Waals surface area contributed by atoms with Crippen molar-refractivity contribution in [3.8, 4) is 0 Å². The minimum absolute atomic E-state index is 0.148. The lowest BCUT2D eigenvalue weighted by molar-refractivity contribution is -0.127. The summed E-state index contributed by atoms with van der Waals surface area (Å²) in [6.45, 7) is 1.59. The van der Waals surface area contributed by atoms with E-state index in [9.17, 15) is 14.4 Å². The summed E-state index contributed by atoms with van der Waals surface area (Å²) >= 11 is 0. The van der Waals surface area contributed by atoms with Crippen molar-refractivity contribution < 1.29 is 14.4 Å². The lowest BCUT2D eigenvalue weighted by atomic mass is 10.1. The Morgan fingerprint density at radius 2 is 1.83 bits per heavy atom. The maximum Gasteiger partial charge on any atom is 0.329 e. The zero-order valence-electron chi connectivity index (χ0n) is 16.1. The maximum absolute atomic E-state index is 12.7. The predicted octanol–water partition coefficient (Wildman–Crippen LogP) is 3.02. The Morgan fingerprint density at radius 3 is 2.59 bits per heavy atom. The van der Waals surface area contributed by atoms with E-state index < -0.39 is 17.8 Å². The van der Waals surface area contributed by atoms with Crippen molar-refractivity contribution in [2.24, 2.45) is 7.05 Å². The van der Waals surface area contributed by atoms with Crippen LogP contribution in [0.25, 0.3) is 17.0 Å². The van der Waals surface area contributed by atoms with Crippen molar-refractivity contribution in [2.45, 2.75) is 6.92 Å². The Bertz CT molecular complexity index is 1160. The lowest BCUT2D eigenvalue weighted by Gasteiger charge is -2.12. The van der Waals surface area contributed by atoms with Crippen LogP contribution in [-0.4, -0.2) is 33.9 Å². The second kappa shape index (κ2) is 7.27. The van der Waals surface area contributed by atoms with Crippen LogP contribution >= 0.6 is 0 Å². The Morgan fingerprint density at radius 1 is 1.10 bits per heavy atom. The van der Waals surface area contributed by atoms with E-state index in [0.717, 1.165) is 26.9 Å². The van der Waals surface area contributed by atoms with E-state index in [-0.39, 0.29) is 12.2 Å². The van der Waals surface area contributed by atoms with Crippen molar-refractivity contribution >= 4 is 40.5 Å². The summed E-state index contributed by atoms with van der Waals surface area (Å²) in [4.78, 5) is 38.1. The lowest BCUT2D eigenvalue weighted by Crippen LogP contribution is -2.38. The fourth-order valence-corrected chi connectivity index (χ4v) is 3.34. The normalized spacial score (nSPS) is 15.2. The van der Waals surface area contributed by atoms with Crippen molar-refractivity contribution in [3.05, 3.63) is 71.6 Å². The van der Waals surface area contributed by atoms with Crippen LogP contribution in [0.4, 0.5) is 10.5 Å². The number of carbonyl (C=O) groups is 3. The summed E-state index contributed by atoms with van der Waals surface area (Å²) < 4.78 is 1.95. The van der Waals surface area contributed by atoms with Crippen LogP contribution in [0, 0.1) is 6.92 Å². The molecule has 3 aromatic rings. The number of fused-ring (bicyclic) bond motifs is 1. The van der Waals surface area contributed by atoms with Crippen LogP contribution in [-0.2, 0) is 16.6 Å². The first-order valence-corrected chi connectivity index (χ1v) is 9.17. The first-order chi connectivity index (χ1) is 13.9. The summed E-state index contributed by atoms with van der Waals surface area (Å²) in [6, 6.07) is 14.5. The SMILES string of the molecule is Cc1ccc(NC(=O)CN2C(=O)NC(=Cc3cn(C)c4ccccc34)C2=O)cc1. The number of para-hydroxylation sites is 1. The molecule has 7 heteroatoms. The van der Waals surface area contributed by atoms with Gasteiger partial charge >= 0.3 is 6.03 Å². The summed E-state index contributed by atoms with van der Waals surface area (Å²) in [6.07, 6.45) is 3.53. The fourth-order valence-electron chi connectivity index (χ4n) is 3.34. The molecule has 2 aromatic carbocycles. The van der Waals surface area contributed by atoms with Crippen LogP contribution in [0.15, 0.2) is 60.4 Å². The minimum atomic E-state index is -0.611. The number of hydrogen-bond donors (Lipinski definition) is 2. The number of carbonyl (C=O) groups excluding carboxylic acids is 3. The molecule has 2 N–H and O–H groups in total. The molecule has 0 saturated carbocycles. The van der Waals surface area contributed by atoms with Gasteiger partial charge in [0.1, 0.15) is 12.2 Å². The van der Waals surface area contributed by atoms with Gasteiger partial charge in [-0.05, 0) is 31.2 Å². The Kier molecular flexibility index (Phi) is 4.64. The molecule has 0 bridgehead atoms. The van der Waals surface area contributed by atoms with Crippen LogP contribution < -0.4 is 10.6 Å². The third kappa shape index (κ3) is 3.62. The van der Waals surface area contributed by atoms with E-state index in [1.165, 1.54) is 0 Å². The molecule has 1 aliphatic heterocycles. The molecule has 1 aliphatic rings. The largest absolute Gasteiger partial charge is 0.350 e. The predicted molar refractivity (Wildman–Crippen MR) is 111 cm³/mol. The maximum atomic E-state index is 12.7. The highest BCUT2D eigenvalue weighted by Gasteiger charge is 2.35. The molecule has 4 amide bonds. The molecule has 0 aliphatic carbocycles. The van der Waals surface area contributed by atoms with Gasteiger partial charge in [0.05, 0.1) is 0 Å². The Balaban J connectivity index is 1.51. The number of hydrogen-bond acceptors (Lipinski definition) is 3. The molecule has 146 valence electrons. The third-order valence-electron chi connectivity index (χ3n) is 4.83. The minimum Gasteiger partial charge on any atom is -0.350 e. The standard InChI is InChI=1S/C22H20N4O3/c1-14-7-9-16(10-8-14)23-20(27)13-26-21(28)18(24-22(26)29)11-15-12-25(2)19-6-4-3-5-17(15)19/h3-12H,13H2,1-2H3,(H,23,27)(H,24,29). The molecule has 0 radical (unpaired) electrons. The number of benzene rings is 2. The van der Waals surface area contributed by atoms with E-state index in [0.29, 0.717) is 5.69 Å².